The van der Waals surface area contributed by atoms with Gasteiger partial charge in [-0.1, -0.05) is 23.4 Å². The second-order valence-corrected chi connectivity index (χ2v) is 5.00. The molecule has 1 aromatic carbocycles. The molecule has 0 aliphatic heterocycles. The van der Waals surface area contributed by atoms with Gasteiger partial charge in [-0.25, -0.2) is 4.99 Å². The minimum atomic E-state index is 0.550. The molecule has 0 aliphatic rings. The largest absolute Gasteiger partial charge is 0.271 e. The monoisotopic (exact) mass is 317 g/mol. The standard InChI is InChI=1S/C10H9BrClN3S/c1-6-3-7(12)4-8(11)9(6)15-10(16-2)14-5-13/h3-4H,1-2H3,(H,14,15). The number of hydrogen-bond donors (Lipinski definition) is 1. The smallest absolute Gasteiger partial charge is 0.183 e. The summed E-state index contributed by atoms with van der Waals surface area (Å²) >= 11 is 10.7. The van der Waals surface area contributed by atoms with Crippen LogP contribution in [0.1, 0.15) is 5.56 Å². The van der Waals surface area contributed by atoms with Crippen LogP contribution in [0.2, 0.25) is 5.02 Å². The van der Waals surface area contributed by atoms with E-state index < -0.39 is 0 Å². The van der Waals surface area contributed by atoms with Crippen molar-refractivity contribution >= 4 is 50.1 Å². The van der Waals surface area contributed by atoms with Crippen molar-refractivity contribution in [2.75, 3.05) is 6.26 Å². The van der Waals surface area contributed by atoms with E-state index in [0.717, 1.165) is 15.7 Å². The lowest BCUT2D eigenvalue weighted by atomic mass is 10.2. The average Bonchev–Trinajstić information content (AvgIpc) is 2.21. The summed E-state index contributed by atoms with van der Waals surface area (Å²) in [4.78, 5) is 4.35. The first-order chi connectivity index (χ1) is 7.58. The molecular weight excluding hydrogens is 310 g/mol. The molecule has 0 spiro atoms. The second kappa shape index (κ2) is 6.14. The third-order valence-corrected chi connectivity index (χ3v) is 3.19. The zero-order valence-electron chi connectivity index (χ0n) is 8.71. The van der Waals surface area contributed by atoms with Crippen LogP contribution in [0.5, 0.6) is 0 Å². The Morgan fingerprint density at radius 3 is 2.81 bits per heavy atom. The van der Waals surface area contributed by atoms with Crippen molar-refractivity contribution in [1.29, 1.82) is 5.26 Å². The number of amidine groups is 1. The van der Waals surface area contributed by atoms with Gasteiger partial charge in [0, 0.05) is 9.50 Å². The Morgan fingerprint density at radius 2 is 2.31 bits per heavy atom. The van der Waals surface area contributed by atoms with Crippen molar-refractivity contribution in [1.82, 2.24) is 5.32 Å². The summed E-state index contributed by atoms with van der Waals surface area (Å²) in [6, 6.07) is 3.60. The van der Waals surface area contributed by atoms with Crippen molar-refractivity contribution in [3.05, 3.63) is 27.2 Å². The number of aliphatic imine (C=N–C) groups is 1. The topological polar surface area (TPSA) is 48.2 Å². The van der Waals surface area contributed by atoms with Crippen molar-refractivity contribution in [3.8, 4) is 6.19 Å². The number of halogens is 2. The molecule has 84 valence electrons. The number of nitriles is 1. The van der Waals surface area contributed by atoms with Crippen LogP contribution in [-0.2, 0) is 0 Å². The number of thioether (sulfide) groups is 1. The number of hydrogen-bond acceptors (Lipinski definition) is 3. The van der Waals surface area contributed by atoms with E-state index in [1.165, 1.54) is 11.8 Å². The van der Waals surface area contributed by atoms with Gasteiger partial charge in [0.1, 0.15) is 0 Å². The van der Waals surface area contributed by atoms with Gasteiger partial charge in [0.05, 0.1) is 5.69 Å². The van der Waals surface area contributed by atoms with E-state index in [0.29, 0.717) is 10.2 Å². The predicted octanol–water partition coefficient (Wildman–Crippen LogP) is 3.83. The average molecular weight is 319 g/mol. The van der Waals surface area contributed by atoms with Gasteiger partial charge < -0.3 is 0 Å². The fourth-order valence-corrected chi connectivity index (χ4v) is 2.49. The van der Waals surface area contributed by atoms with E-state index in [1.807, 2.05) is 25.4 Å². The van der Waals surface area contributed by atoms with Gasteiger partial charge in [0.15, 0.2) is 11.4 Å². The molecule has 1 N–H and O–H groups in total. The molecule has 0 fully saturated rings. The maximum absolute atomic E-state index is 8.54. The highest BCUT2D eigenvalue weighted by atomic mass is 79.9. The molecule has 6 heteroatoms. The summed E-state index contributed by atoms with van der Waals surface area (Å²) in [7, 11) is 0. The van der Waals surface area contributed by atoms with Gasteiger partial charge in [-0.05, 0) is 46.8 Å². The van der Waals surface area contributed by atoms with Crippen LogP contribution in [0.3, 0.4) is 0 Å². The van der Waals surface area contributed by atoms with Gasteiger partial charge >= 0.3 is 0 Å². The molecule has 1 aromatic rings. The van der Waals surface area contributed by atoms with E-state index in [2.05, 4.69) is 26.2 Å². The molecule has 0 saturated carbocycles. The normalized spacial score (nSPS) is 11.1. The molecule has 0 aliphatic carbocycles. The number of benzene rings is 1. The molecule has 16 heavy (non-hydrogen) atoms. The van der Waals surface area contributed by atoms with Crippen molar-refractivity contribution < 1.29 is 0 Å². The van der Waals surface area contributed by atoms with E-state index >= 15 is 0 Å². The highest BCUT2D eigenvalue weighted by molar-refractivity contribution is 9.10. The first-order valence-corrected chi connectivity index (χ1v) is 6.71. The summed E-state index contributed by atoms with van der Waals surface area (Å²) in [5, 5.41) is 12.3. The number of nitrogens with zero attached hydrogens (tertiary/aromatic N) is 2. The Labute approximate surface area is 112 Å². The van der Waals surface area contributed by atoms with Crippen LogP contribution in [0.25, 0.3) is 0 Å². The molecule has 0 aromatic heterocycles. The maximum Gasteiger partial charge on any atom is 0.183 e. The zero-order chi connectivity index (χ0) is 12.1. The highest BCUT2D eigenvalue weighted by Gasteiger charge is 2.06. The van der Waals surface area contributed by atoms with Gasteiger partial charge in [-0.2, -0.15) is 5.26 Å². The predicted molar refractivity (Wildman–Crippen MR) is 73.2 cm³/mol. The Balaban J connectivity index is 3.19. The third kappa shape index (κ3) is 3.41. The molecule has 0 unspecified atom stereocenters. The van der Waals surface area contributed by atoms with E-state index in [9.17, 15) is 0 Å². The van der Waals surface area contributed by atoms with Crippen LogP contribution in [0.4, 0.5) is 5.69 Å². The van der Waals surface area contributed by atoms with E-state index in [1.54, 1.807) is 6.07 Å². The van der Waals surface area contributed by atoms with Crippen molar-refractivity contribution in [2.24, 2.45) is 4.99 Å². The van der Waals surface area contributed by atoms with Crippen LogP contribution in [-0.4, -0.2) is 11.4 Å². The lowest BCUT2D eigenvalue weighted by molar-refractivity contribution is 1.27. The lowest BCUT2D eigenvalue weighted by Crippen LogP contribution is -2.12. The summed E-state index contributed by atoms with van der Waals surface area (Å²) in [6.45, 7) is 1.92. The minimum Gasteiger partial charge on any atom is -0.271 e. The van der Waals surface area contributed by atoms with Crippen LogP contribution < -0.4 is 5.32 Å². The van der Waals surface area contributed by atoms with Gasteiger partial charge in [-0.15, -0.1) is 0 Å². The Kier molecular flexibility index (Phi) is 5.13. The molecule has 0 atom stereocenters. The summed E-state index contributed by atoms with van der Waals surface area (Å²) in [5.74, 6) is 0. The second-order valence-electron chi connectivity index (χ2n) is 2.91. The number of nitrogens with one attached hydrogen (secondary N) is 1. The minimum absolute atomic E-state index is 0.550. The first kappa shape index (κ1) is 13.4. The van der Waals surface area contributed by atoms with Gasteiger partial charge in [0.2, 0.25) is 0 Å². The fourth-order valence-electron chi connectivity index (χ4n) is 1.11. The van der Waals surface area contributed by atoms with Crippen LogP contribution in [0, 0.1) is 18.4 Å². The van der Waals surface area contributed by atoms with Crippen molar-refractivity contribution in [3.63, 3.8) is 0 Å². The van der Waals surface area contributed by atoms with Crippen molar-refractivity contribution in [2.45, 2.75) is 6.92 Å². The van der Waals surface area contributed by atoms with Crippen LogP contribution >= 0.6 is 39.3 Å². The zero-order valence-corrected chi connectivity index (χ0v) is 11.9. The summed E-state index contributed by atoms with van der Waals surface area (Å²) in [5.41, 5.74) is 1.72. The molecule has 1 rings (SSSR count). The SMILES string of the molecule is CSC(=Nc1c(C)cc(Cl)cc1Br)NC#N. The molecule has 0 saturated heterocycles. The first-order valence-electron chi connectivity index (χ1n) is 4.32. The summed E-state index contributed by atoms with van der Waals surface area (Å²) in [6.07, 6.45) is 3.70. The molecule has 3 nitrogen and oxygen atoms in total. The molecule has 0 radical (unpaired) electrons. The Bertz CT molecular complexity index is 445. The van der Waals surface area contributed by atoms with Gasteiger partial charge in [-0.3, -0.25) is 5.32 Å². The quantitative estimate of drug-likeness (QED) is 0.370. The fraction of sp³-hybridized carbons (Fsp3) is 0.200. The number of aryl methyl sites for hydroxylation is 1. The molecule has 0 bridgehead atoms. The third-order valence-electron chi connectivity index (χ3n) is 1.79. The molecule has 0 heterocycles. The number of rotatable bonds is 1. The van der Waals surface area contributed by atoms with E-state index in [-0.39, 0.29) is 0 Å². The molecular formula is C10H9BrClN3S. The van der Waals surface area contributed by atoms with Crippen LogP contribution in [0.15, 0.2) is 21.6 Å². The maximum atomic E-state index is 8.54. The lowest BCUT2D eigenvalue weighted by Gasteiger charge is -2.06. The van der Waals surface area contributed by atoms with Gasteiger partial charge in [0.25, 0.3) is 0 Å². The molecule has 0 amide bonds. The highest BCUT2D eigenvalue weighted by Crippen LogP contribution is 2.32. The summed E-state index contributed by atoms with van der Waals surface area (Å²) < 4.78 is 0.809. The van der Waals surface area contributed by atoms with E-state index in [4.69, 9.17) is 16.9 Å². The Hall–Kier alpha value is -0.700. The Morgan fingerprint density at radius 1 is 1.62 bits per heavy atom.